The van der Waals surface area contributed by atoms with Gasteiger partial charge in [-0.15, -0.1) is 0 Å². The molecule has 4 heterocycles. The van der Waals surface area contributed by atoms with Crippen LogP contribution in [0.15, 0.2) is 78.5 Å². The van der Waals surface area contributed by atoms with Crippen molar-refractivity contribution in [3.63, 3.8) is 0 Å². The minimum Gasteiger partial charge on any atom is -0.288 e. The van der Waals surface area contributed by atoms with Crippen LogP contribution in [0.4, 0.5) is 0 Å². The average molecular weight is 410 g/mol. The molecular weight excluding hydrogens is 392 g/mol. The Morgan fingerprint density at radius 2 is 1.87 bits per heavy atom. The molecular formula is C22H18N8O. The lowest BCUT2D eigenvalue weighted by atomic mass is 10.1. The minimum atomic E-state index is -0.105. The molecule has 0 aliphatic carbocycles. The van der Waals surface area contributed by atoms with Gasteiger partial charge in [-0.1, -0.05) is 18.2 Å². The largest absolute Gasteiger partial charge is 0.288 e. The van der Waals surface area contributed by atoms with Gasteiger partial charge in [0.25, 0.3) is 0 Å². The summed E-state index contributed by atoms with van der Waals surface area (Å²) in [5.41, 5.74) is 4.79. The number of aromatic nitrogens is 8. The van der Waals surface area contributed by atoms with Crippen LogP contribution in [0, 0.1) is 0 Å². The smallest absolute Gasteiger partial charge is 0.203 e. The minimum absolute atomic E-state index is 0.105. The molecule has 0 aliphatic heterocycles. The van der Waals surface area contributed by atoms with Crippen LogP contribution in [0.2, 0.25) is 0 Å². The molecule has 152 valence electrons. The van der Waals surface area contributed by atoms with Crippen LogP contribution in [0.5, 0.6) is 0 Å². The third kappa shape index (κ3) is 3.88. The summed E-state index contributed by atoms with van der Waals surface area (Å²) in [7, 11) is 1.84. The fourth-order valence-electron chi connectivity index (χ4n) is 3.29. The number of nitrogens with zero attached hydrogens (tertiary/aromatic N) is 7. The molecule has 9 nitrogen and oxygen atoms in total. The fourth-order valence-corrected chi connectivity index (χ4v) is 3.29. The van der Waals surface area contributed by atoms with E-state index >= 15 is 0 Å². The van der Waals surface area contributed by atoms with Crippen molar-refractivity contribution in [3.8, 4) is 28.2 Å². The summed E-state index contributed by atoms with van der Waals surface area (Å²) in [5, 5.41) is 15.4. The van der Waals surface area contributed by atoms with E-state index in [0.717, 1.165) is 27.9 Å². The van der Waals surface area contributed by atoms with Gasteiger partial charge in [-0.05, 0) is 11.6 Å². The van der Waals surface area contributed by atoms with E-state index in [-0.39, 0.29) is 5.43 Å². The summed E-state index contributed by atoms with van der Waals surface area (Å²) in [5.74, 6) is 0.614. The van der Waals surface area contributed by atoms with E-state index in [4.69, 9.17) is 0 Å². The van der Waals surface area contributed by atoms with Crippen LogP contribution < -0.4 is 5.43 Å². The second-order valence-corrected chi connectivity index (χ2v) is 7.10. The van der Waals surface area contributed by atoms with Crippen LogP contribution >= 0.6 is 0 Å². The van der Waals surface area contributed by atoms with Gasteiger partial charge in [-0.2, -0.15) is 15.3 Å². The van der Waals surface area contributed by atoms with Crippen molar-refractivity contribution in [1.29, 1.82) is 0 Å². The molecule has 4 aromatic heterocycles. The van der Waals surface area contributed by atoms with Crippen molar-refractivity contribution < 1.29 is 0 Å². The highest BCUT2D eigenvalue weighted by Crippen LogP contribution is 2.20. The molecule has 0 unspecified atom stereocenters. The molecule has 5 rings (SSSR count). The number of benzene rings is 1. The Labute approximate surface area is 177 Å². The van der Waals surface area contributed by atoms with Gasteiger partial charge in [-0.25, -0.2) is 14.6 Å². The Hall–Kier alpha value is -4.40. The maximum Gasteiger partial charge on any atom is 0.203 e. The standard InChI is InChI=1S/C22H18N8O/c1-29-14-19(13-27-29)30-6-5-21(31)20(28-30)8-15-3-2-4-16(7-15)22-23-9-17(10-24-22)18-11-25-26-12-18/h2-7,9-14H,8H2,1H3,(H,25,26). The van der Waals surface area contributed by atoms with Gasteiger partial charge in [0.15, 0.2) is 5.82 Å². The predicted molar refractivity (Wildman–Crippen MR) is 114 cm³/mol. The number of rotatable bonds is 5. The molecule has 0 saturated heterocycles. The highest BCUT2D eigenvalue weighted by atomic mass is 16.1. The van der Waals surface area contributed by atoms with Gasteiger partial charge >= 0.3 is 0 Å². The van der Waals surface area contributed by atoms with E-state index in [1.165, 1.54) is 6.07 Å². The van der Waals surface area contributed by atoms with Gasteiger partial charge < -0.3 is 0 Å². The van der Waals surface area contributed by atoms with Crippen molar-refractivity contribution in [2.75, 3.05) is 0 Å². The zero-order valence-electron chi connectivity index (χ0n) is 16.7. The zero-order chi connectivity index (χ0) is 21.2. The topological polar surface area (TPSA) is 107 Å². The van der Waals surface area contributed by atoms with Crippen molar-refractivity contribution in [1.82, 2.24) is 39.7 Å². The van der Waals surface area contributed by atoms with Gasteiger partial charge in [0, 0.05) is 61.0 Å². The van der Waals surface area contributed by atoms with Crippen LogP contribution in [-0.4, -0.2) is 39.7 Å². The maximum absolute atomic E-state index is 12.4. The summed E-state index contributed by atoms with van der Waals surface area (Å²) in [6.07, 6.45) is 12.7. The summed E-state index contributed by atoms with van der Waals surface area (Å²) < 4.78 is 3.35. The Morgan fingerprint density at radius 1 is 1.00 bits per heavy atom. The lowest BCUT2D eigenvalue weighted by molar-refractivity contribution is 0.762. The Morgan fingerprint density at radius 3 is 2.61 bits per heavy atom. The van der Waals surface area contributed by atoms with Crippen molar-refractivity contribution in [2.24, 2.45) is 7.05 Å². The first kappa shape index (κ1) is 18.6. The molecule has 5 aromatic rings. The fraction of sp³-hybridized carbons (Fsp3) is 0.0909. The predicted octanol–water partition coefficient (Wildman–Crippen LogP) is 2.40. The van der Waals surface area contributed by atoms with Crippen LogP contribution in [-0.2, 0) is 13.5 Å². The molecule has 0 spiro atoms. The monoisotopic (exact) mass is 410 g/mol. The van der Waals surface area contributed by atoms with Crippen LogP contribution in [0.25, 0.3) is 28.2 Å². The summed E-state index contributed by atoms with van der Waals surface area (Å²) in [6, 6.07) is 9.35. The first-order chi connectivity index (χ1) is 15.2. The highest BCUT2D eigenvalue weighted by Gasteiger charge is 2.09. The average Bonchev–Trinajstić information content (AvgIpc) is 3.48. The molecule has 1 N–H and O–H groups in total. The molecule has 0 amide bonds. The number of H-pyrrole nitrogens is 1. The van der Waals surface area contributed by atoms with E-state index in [9.17, 15) is 4.79 Å². The SMILES string of the molecule is Cn1cc(-n2ccc(=O)c(Cc3cccc(-c4ncc(-c5cn[nH]c5)cn4)c3)n2)cn1. The second-order valence-electron chi connectivity index (χ2n) is 7.10. The molecule has 0 bridgehead atoms. The van der Waals surface area contributed by atoms with Crippen LogP contribution in [0.3, 0.4) is 0 Å². The first-order valence-electron chi connectivity index (χ1n) is 9.64. The quantitative estimate of drug-likeness (QED) is 0.477. The summed E-state index contributed by atoms with van der Waals surface area (Å²) in [6.45, 7) is 0. The van der Waals surface area contributed by atoms with Crippen molar-refractivity contribution >= 4 is 0 Å². The Kier molecular flexibility index (Phi) is 4.68. The third-order valence-corrected chi connectivity index (χ3v) is 4.88. The number of aryl methyl sites for hydroxylation is 1. The molecule has 0 atom stereocenters. The van der Waals surface area contributed by atoms with Gasteiger partial charge in [0.2, 0.25) is 5.43 Å². The number of aromatic amines is 1. The Bertz CT molecular complexity index is 1380. The third-order valence-electron chi connectivity index (χ3n) is 4.88. The highest BCUT2D eigenvalue weighted by molar-refractivity contribution is 5.62. The van der Waals surface area contributed by atoms with E-state index in [1.54, 1.807) is 46.5 Å². The molecule has 0 fully saturated rings. The summed E-state index contributed by atoms with van der Waals surface area (Å²) >= 11 is 0. The maximum atomic E-state index is 12.4. The van der Waals surface area contributed by atoms with E-state index in [2.05, 4.69) is 30.4 Å². The lowest BCUT2D eigenvalue weighted by Gasteiger charge is -2.07. The van der Waals surface area contributed by atoms with Crippen molar-refractivity contribution in [2.45, 2.75) is 6.42 Å². The van der Waals surface area contributed by atoms with Gasteiger partial charge in [0.05, 0.1) is 18.6 Å². The van der Waals surface area contributed by atoms with E-state index in [0.29, 0.717) is 17.9 Å². The normalized spacial score (nSPS) is 11.0. The van der Waals surface area contributed by atoms with Gasteiger partial charge in [-0.3, -0.25) is 14.6 Å². The molecule has 9 heteroatoms. The van der Waals surface area contributed by atoms with Gasteiger partial charge in [0.1, 0.15) is 11.4 Å². The van der Waals surface area contributed by atoms with E-state index < -0.39 is 0 Å². The van der Waals surface area contributed by atoms with Crippen molar-refractivity contribution in [3.05, 3.63) is 95.2 Å². The number of hydrogen-bond acceptors (Lipinski definition) is 6. The Balaban J connectivity index is 1.41. The first-order valence-corrected chi connectivity index (χ1v) is 9.64. The molecule has 0 radical (unpaired) electrons. The number of nitrogens with one attached hydrogen (secondary N) is 1. The molecule has 31 heavy (non-hydrogen) atoms. The van der Waals surface area contributed by atoms with E-state index in [1.807, 2.05) is 37.5 Å². The number of hydrogen-bond donors (Lipinski definition) is 1. The molecule has 0 aliphatic rings. The summed E-state index contributed by atoms with van der Waals surface area (Å²) in [4.78, 5) is 21.4. The zero-order valence-corrected chi connectivity index (χ0v) is 16.7. The lowest BCUT2D eigenvalue weighted by Crippen LogP contribution is -2.16. The second kappa shape index (κ2) is 7.79. The molecule has 0 saturated carbocycles. The van der Waals surface area contributed by atoms with Crippen LogP contribution in [0.1, 0.15) is 11.3 Å². The molecule has 1 aromatic carbocycles.